The molecule has 0 bridgehead atoms. The average molecular weight is 412 g/mol. The molecule has 2 N–H and O–H groups in total. The van der Waals surface area contributed by atoms with Crippen LogP contribution in [0.2, 0.25) is 0 Å². The maximum atomic E-state index is 12.7. The van der Waals surface area contributed by atoms with Crippen molar-refractivity contribution in [3.8, 4) is 5.69 Å². The van der Waals surface area contributed by atoms with Crippen LogP contribution in [0.3, 0.4) is 0 Å². The number of nitrogens with one attached hydrogen (secondary N) is 1. The van der Waals surface area contributed by atoms with E-state index in [1.165, 1.54) is 0 Å². The topological polar surface area (TPSA) is 67.2 Å². The monoisotopic (exact) mass is 411 g/mol. The van der Waals surface area contributed by atoms with Crippen molar-refractivity contribution in [1.29, 1.82) is 0 Å². The first kappa shape index (κ1) is 17.0. The summed E-state index contributed by atoms with van der Waals surface area (Å²) < 4.78 is 2.72. The van der Waals surface area contributed by atoms with Gasteiger partial charge in [-0.25, -0.2) is 4.68 Å². The minimum absolute atomic E-state index is 0.220. The fraction of sp³-hybridized carbons (Fsp3) is 0.200. The average Bonchev–Trinajstić information content (AvgIpc) is 3.17. The maximum Gasteiger partial charge on any atom is 0.255 e. The fourth-order valence-electron chi connectivity index (χ4n) is 3.43. The highest BCUT2D eigenvalue weighted by molar-refractivity contribution is 9.10. The third-order valence-electron chi connectivity index (χ3n) is 4.84. The van der Waals surface area contributed by atoms with Gasteiger partial charge in [-0.3, -0.25) is 4.79 Å². The van der Waals surface area contributed by atoms with Crippen molar-refractivity contribution in [3.05, 3.63) is 81.6 Å². The van der Waals surface area contributed by atoms with Crippen molar-refractivity contribution >= 4 is 21.8 Å². The van der Waals surface area contributed by atoms with Crippen LogP contribution in [0, 0.1) is 6.92 Å². The van der Waals surface area contributed by atoms with Crippen molar-refractivity contribution in [2.45, 2.75) is 25.5 Å². The Morgan fingerprint density at radius 1 is 1.23 bits per heavy atom. The lowest BCUT2D eigenvalue weighted by atomic mass is 10.1. The Balaban J connectivity index is 1.54. The molecule has 0 aliphatic heterocycles. The Morgan fingerprint density at radius 2 is 1.96 bits per heavy atom. The first-order chi connectivity index (χ1) is 12.5. The normalized spacial score (nSPS) is 18.6. The van der Waals surface area contributed by atoms with Crippen molar-refractivity contribution in [3.63, 3.8) is 0 Å². The molecule has 0 saturated carbocycles. The molecule has 4 rings (SSSR count). The smallest absolute Gasteiger partial charge is 0.255 e. The molecule has 1 aliphatic rings. The van der Waals surface area contributed by atoms with Crippen LogP contribution in [0.15, 0.2) is 59.2 Å². The van der Waals surface area contributed by atoms with E-state index >= 15 is 0 Å². The van der Waals surface area contributed by atoms with E-state index in [-0.39, 0.29) is 11.9 Å². The van der Waals surface area contributed by atoms with Crippen molar-refractivity contribution in [1.82, 2.24) is 15.1 Å². The summed E-state index contributed by atoms with van der Waals surface area (Å²) in [5.41, 5.74) is 4.12. The molecule has 0 radical (unpaired) electrons. The second kappa shape index (κ2) is 6.70. The second-order valence-corrected chi connectivity index (χ2v) is 7.38. The SMILES string of the molecule is Cc1c(C(=O)NC2Cc3ccccc3C2O)cnn1-c1ccc(Br)cc1. The van der Waals surface area contributed by atoms with Gasteiger partial charge in [0.15, 0.2) is 0 Å². The minimum atomic E-state index is -0.683. The first-order valence-electron chi connectivity index (χ1n) is 8.42. The van der Waals surface area contributed by atoms with Gasteiger partial charge < -0.3 is 10.4 Å². The van der Waals surface area contributed by atoms with Gasteiger partial charge in [0.25, 0.3) is 5.91 Å². The van der Waals surface area contributed by atoms with Crippen LogP contribution in [0.1, 0.15) is 33.3 Å². The van der Waals surface area contributed by atoms with Crippen LogP contribution >= 0.6 is 15.9 Å². The zero-order valence-electron chi connectivity index (χ0n) is 14.2. The molecule has 0 saturated heterocycles. The molecule has 1 heterocycles. The number of aliphatic hydroxyl groups is 1. The molecular weight excluding hydrogens is 394 g/mol. The van der Waals surface area contributed by atoms with E-state index in [4.69, 9.17) is 0 Å². The number of aliphatic hydroxyl groups excluding tert-OH is 1. The standard InChI is InChI=1S/C20H18BrN3O2/c1-12-17(11-22-24(12)15-8-6-14(21)7-9-15)20(26)23-18-10-13-4-2-3-5-16(13)19(18)25/h2-9,11,18-19,25H,10H2,1H3,(H,23,26). The number of hydrogen-bond acceptors (Lipinski definition) is 3. The number of hydrogen-bond donors (Lipinski definition) is 2. The number of fused-ring (bicyclic) bond motifs is 1. The fourth-order valence-corrected chi connectivity index (χ4v) is 3.69. The Kier molecular flexibility index (Phi) is 4.38. The van der Waals surface area contributed by atoms with Crippen LogP contribution in [-0.4, -0.2) is 26.8 Å². The van der Waals surface area contributed by atoms with E-state index in [0.29, 0.717) is 12.0 Å². The number of halogens is 1. The van der Waals surface area contributed by atoms with E-state index in [1.54, 1.807) is 10.9 Å². The van der Waals surface area contributed by atoms with Crippen molar-refractivity contribution in [2.75, 3.05) is 0 Å². The number of nitrogens with zero attached hydrogens (tertiary/aromatic N) is 2. The van der Waals surface area contributed by atoms with Gasteiger partial charge in [0.05, 0.1) is 35.3 Å². The highest BCUT2D eigenvalue weighted by Gasteiger charge is 2.32. The molecular formula is C20H18BrN3O2. The second-order valence-electron chi connectivity index (χ2n) is 6.46. The van der Waals surface area contributed by atoms with Crippen LogP contribution in [-0.2, 0) is 6.42 Å². The third-order valence-corrected chi connectivity index (χ3v) is 5.37. The van der Waals surface area contributed by atoms with Gasteiger partial charge in [0, 0.05) is 4.47 Å². The molecule has 5 nitrogen and oxygen atoms in total. The number of amides is 1. The zero-order valence-corrected chi connectivity index (χ0v) is 15.8. The van der Waals surface area contributed by atoms with E-state index in [1.807, 2.05) is 55.5 Å². The third kappa shape index (κ3) is 2.95. The molecule has 1 amide bonds. The van der Waals surface area contributed by atoms with Gasteiger partial charge >= 0.3 is 0 Å². The lowest BCUT2D eigenvalue weighted by molar-refractivity contribution is 0.0858. The molecule has 26 heavy (non-hydrogen) atoms. The molecule has 2 atom stereocenters. The Hall–Kier alpha value is -2.44. The van der Waals surface area contributed by atoms with Crippen molar-refractivity contribution < 1.29 is 9.90 Å². The predicted molar refractivity (Wildman–Crippen MR) is 102 cm³/mol. The van der Waals surface area contributed by atoms with E-state index in [0.717, 1.165) is 27.0 Å². The van der Waals surface area contributed by atoms with Crippen LogP contribution < -0.4 is 5.32 Å². The van der Waals surface area contributed by atoms with E-state index < -0.39 is 6.10 Å². The Labute approximate surface area is 159 Å². The molecule has 0 fully saturated rings. The number of rotatable bonds is 3. The van der Waals surface area contributed by atoms with Gasteiger partial charge in [-0.1, -0.05) is 40.2 Å². The number of carbonyl (C=O) groups excluding carboxylic acids is 1. The minimum Gasteiger partial charge on any atom is -0.386 e. The molecule has 2 unspecified atom stereocenters. The number of benzene rings is 2. The summed E-state index contributed by atoms with van der Waals surface area (Å²) in [6.45, 7) is 1.86. The van der Waals surface area contributed by atoms with Gasteiger partial charge in [-0.05, 0) is 48.7 Å². The Bertz CT molecular complexity index is 965. The summed E-state index contributed by atoms with van der Waals surface area (Å²) in [5, 5.41) is 17.8. The molecule has 1 aliphatic carbocycles. The van der Waals surface area contributed by atoms with Gasteiger partial charge in [-0.15, -0.1) is 0 Å². The Morgan fingerprint density at radius 3 is 2.69 bits per heavy atom. The molecule has 6 heteroatoms. The van der Waals surface area contributed by atoms with Crippen LogP contribution in [0.5, 0.6) is 0 Å². The molecule has 3 aromatic rings. The summed E-state index contributed by atoms with van der Waals surface area (Å²) in [6.07, 6.45) is 1.52. The van der Waals surface area contributed by atoms with Crippen LogP contribution in [0.4, 0.5) is 0 Å². The molecule has 2 aromatic carbocycles. The van der Waals surface area contributed by atoms with Crippen molar-refractivity contribution in [2.24, 2.45) is 0 Å². The van der Waals surface area contributed by atoms with Gasteiger partial charge in [0.1, 0.15) is 0 Å². The lowest BCUT2D eigenvalue weighted by Gasteiger charge is -2.17. The lowest BCUT2D eigenvalue weighted by Crippen LogP contribution is -2.38. The van der Waals surface area contributed by atoms with Gasteiger partial charge in [-0.2, -0.15) is 5.10 Å². The summed E-state index contributed by atoms with van der Waals surface area (Å²) in [6, 6.07) is 15.2. The summed E-state index contributed by atoms with van der Waals surface area (Å²) >= 11 is 3.41. The summed E-state index contributed by atoms with van der Waals surface area (Å²) in [7, 11) is 0. The predicted octanol–water partition coefficient (Wildman–Crippen LogP) is 3.33. The van der Waals surface area contributed by atoms with E-state index in [2.05, 4.69) is 26.3 Å². The highest BCUT2D eigenvalue weighted by Crippen LogP contribution is 2.31. The molecule has 132 valence electrons. The molecule has 1 aromatic heterocycles. The first-order valence-corrected chi connectivity index (χ1v) is 9.21. The molecule has 0 spiro atoms. The van der Waals surface area contributed by atoms with Gasteiger partial charge in [0.2, 0.25) is 0 Å². The van der Waals surface area contributed by atoms with E-state index in [9.17, 15) is 9.90 Å². The quantitative estimate of drug-likeness (QED) is 0.694. The maximum absolute atomic E-state index is 12.7. The summed E-state index contributed by atoms with van der Waals surface area (Å²) in [5.74, 6) is -0.220. The largest absolute Gasteiger partial charge is 0.386 e. The zero-order chi connectivity index (χ0) is 18.3. The summed E-state index contributed by atoms with van der Waals surface area (Å²) in [4.78, 5) is 12.7. The van der Waals surface area contributed by atoms with Crippen LogP contribution in [0.25, 0.3) is 5.69 Å². The number of carbonyl (C=O) groups is 1. The number of aromatic nitrogens is 2. The highest BCUT2D eigenvalue weighted by atomic mass is 79.9.